The summed E-state index contributed by atoms with van der Waals surface area (Å²) in [6, 6.07) is 4.92. The van der Waals surface area contributed by atoms with Crippen LogP contribution in [0.2, 0.25) is 10.0 Å². The van der Waals surface area contributed by atoms with Crippen LogP contribution in [0, 0.1) is 5.92 Å². The SMILES string of the molecule is CCC1CCCC(OCC(=O)c2ccc(Cl)cc2Cl)C1. The van der Waals surface area contributed by atoms with Crippen LogP contribution in [0.3, 0.4) is 0 Å². The molecule has 0 heterocycles. The van der Waals surface area contributed by atoms with Crippen LogP contribution >= 0.6 is 23.2 Å². The molecule has 4 heteroatoms. The number of halogens is 2. The van der Waals surface area contributed by atoms with E-state index in [2.05, 4.69) is 6.92 Å². The minimum absolute atomic E-state index is 0.0784. The van der Waals surface area contributed by atoms with Gasteiger partial charge in [-0.2, -0.15) is 0 Å². The van der Waals surface area contributed by atoms with Gasteiger partial charge in [-0.15, -0.1) is 0 Å². The molecule has 2 atom stereocenters. The van der Waals surface area contributed by atoms with Crippen molar-refractivity contribution in [2.75, 3.05) is 6.61 Å². The Morgan fingerprint density at radius 1 is 1.35 bits per heavy atom. The summed E-state index contributed by atoms with van der Waals surface area (Å²) >= 11 is 11.9. The molecule has 2 unspecified atom stereocenters. The predicted octanol–water partition coefficient (Wildman–Crippen LogP) is 5.16. The number of Topliss-reactive ketones (excluding diaryl/α,β-unsaturated/α-hetero) is 1. The van der Waals surface area contributed by atoms with Crippen molar-refractivity contribution in [1.82, 2.24) is 0 Å². The molecule has 0 spiro atoms. The number of benzene rings is 1. The molecule has 0 saturated heterocycles. The molecule has 2 rings (SSSR count). The first-order valence-corrected chi connectivity index (χ1v) is 7.95. The first-order chi connectivity index (χ1) is 9.60. The molecule has 0 aromatic heterocycles. The first-order valence-electron chi connectivity index (χ1n) is 7.20. The molecule has 0 bridgehead atoms. The highest BCUT2D eigenvalue weighted by Gasteiger charge is 2.22. The maximum Gasteiger partial charge on any atom is 0.189 e. The summed E-state index contributed by atoms with van der Waals surface area (Å²) in [7, 11) is 0. The number of ketones is 1. The van der Waals surface area contributed by atoms with Crippen molar-refractivity contribution in [2.45, 2.75) is 45.1 Å². The maximum atomic E-state index is 12.1. The van der Waals surface area contributed by atoms with E-state index in [0.29, 0.717) is 15.6 Å². The van der Waals surface area contributed by atoms with E-state index in [1.165, 1.54) is 19.3 Å². The first kappa shape index (κ1) is 15.8. The summed E-state index contributed by atoms with van der Waals surface area (Å²) in [6.45, 7) is 2.31. The third kappa shape index (κ3) is 4.21. The maximum absolute atomic E-state index is 12.1. The molecule has 1 aliphatic carbocycles. The number of ether oxygens (including phenoxy) is 1. The van der Waals surface area contributed by atoms with Gasteiger partial charge in [-0.3, -0.25) is 4.79 Å². The molecule has 0 aliphatic heterocycles. The molecule has 0 amide bonds. The molecule has 1 aromatic carbocycles. The molecule has 0 radical (unpaired) electrons. The van der Waals surface area contributed by atoms with Gasteiger partial charge in [0.1, 0.15) is 6.61 Å². The predicted molar refractivity (Wildman–Crippen MR) is 82.8 cm³/mol. The van der Waals surface area contributed by atoms with Gasteiger partial charge >= 0.3 is 0 Å². The van der Waals surface area contributed by atoms with E-state index < -0.39 is 0 Å². The zero-order valence-corrected chi connectivity index (χ0v) is 13.2. The van der Waals surface area contributed by atoms with Gasteiger partial charge in [0.15, 0.2) is 5.78 Å². The fraction of sp³-hybridized carbons (Fsp3) is 0.562. The van der Waals surface area contributed by atoms with Crippen LogP contribution in [-0.4, -0.2) is 18.5 Å². The lowest BCUT2D eigenvalue weighted by Gasteiger charge is -2.28. The summed E-state index contributed by atoms with van der Waals surface area (Å²) in [5.41, 5.74) is 0.485. The fourth-order valence-corrected chi connectivity index (χ4v) is 3.26. The van der Waals surface area contributed by atoms with Gasteiger partial charge in [-0.05, 0) is 37.0 Å². The Bertz CT molecular complexity index is 474. The zero-order chi connectivity index (χ0) is 14.5. The van der Waals surface area contributed by atoms with Crippen molar-refractivity contribution in [3.05, 3.63) is 33.8 Å². The minimum atomic E-state index is -0.0784. The van der Waals surface area contributed by atoms with Crippen molar-refractivity contribution in [3.8, 4) is 0 Å². The Labute approximate surface area is 130 Å². The number of rotatable bonds is 5. The number of hydrogen-bond acceptors (Lipinski definition) is 2. The topological polar surface area (TPSA) is 26.3 Å². The molecule has 20 heavy (non-hydrogen) atoms. The lowest BCUT2D eigenvalue weighted by atomic mass is 9.85. The Morgan fingerprint density at radius 2 is 2.15 bits per heavy atom. The third-order valence-corrected chi connectivity index (χ3v) is 4.54. The van der Waals surface area contributed by atoms with Crippen LogP contribution in [0.5, 0.6) is 0 Å². The van der Waals surface area contributed by atoms with Crippen LogP contribution in [0.25, 0.3) is 0 Å². The van der Waals surface area contributed by atoms with Crippen molar-refractivity contribution in [2.24, 2.45) is 5.92 Å². The van der Waals surface area contributed by atoms with Crippen molar-refractivity contribution in [1.29, 1.82) is 0 Å². The second kappa shape index (κ2) is 7.44. The average Bonchev–Trinajstić information content (AvgIpc) is 2.45. The Kier molecular flexibility index (Phi) is 5.88. The zero-order valence-electron chi connectivity index (χ0n) is 11.7. The summed E-state index contributed by atoms with van der Waals surface area (Å²) in [5.74, 6) is 0.660. The Balaban J connectivity index is 1.88. The van der Waals surface area contributed by atoms with Gasteiger partial charge in [0, 0.05) is 10.6 Å². The minimum Gasteiger partial charge on any atom is -0.370 e. The van der Waals surface area contributed by atoms with Crippen molar-refractivity contribution < 1.29 is 9.53 Å². The molecular weight excluding hydrogens is 295 g/mol. The van der Waals surface area contributed by atoms with Gasteiger partial charge in [0.2, 0.25) is 0 Å². The third-order valence-electron chi connectivity index (χ3n) is 3.99. The monoisotopic (exact) mass is 314 g/mol. The lowest BCUT2D eigenvalue weighted by molar-refractivity contribution is 0.0156. The summed E-state index contributed by atoms with van der Waals surface area (Å²) in [5, 5.41) is 0.923. The molecular formula is C16H20Cl2O2. The molecule has 2 nitrogen and oxygen atoms in total. The van der Waals surface area contributed by atoms with E-state index in [9.17, 15) is 4.79 Å². The molecule has 110 valence electrons. The van der Waals surface area contributed by atoms with Crippen LogP contribution in [0.1, 0.15) is 49.4 Å². The van der Waals surface area contributed by atoms with Gasteiger partial charge in [-0.1, -0.05) is 49.4 Å². The second-order valence-corrected chi connectivity index (χ2v) is 6.26. The second-order valence-electron chi connectivity index (χ2n) is 5.42. The highest BCUT2D eigenvalue weighted by molar-refractivity contribution is 6.36. The van der Waals surface area contributed by atoms with Gasteiger partial charge in [-0.25, -0.2) is 0 Å². The van der Waals surface area contributed by atoms with Crippen LogP contribution in [0.15, 0.2) is 18.2 Å². The molecule has 1 aliphatic rings. The van der Waals surface area contributed by atoms with Gasteiger partial charge < -0.3 is 4.74 Å². The molecule has 1 fully saturated rings. The van der Waals surface area contributed by atoms with E-state index in [1.807, 2.05) is 0 Å². The summed E-state index contributed by atoms with van der Waals surface area (Å²) in [6.07, 6.45) is 6.00. The highest BCUT2D eigenvalue weighted by Crippen LogP contribution is 2.28. The smallest absolute Gasteiger partial charge is 0.189 e. The van der Waals surface area contributed by atoms with E-state index in [0.717, 1.165) is 18.8 Å². The van der Waals surface area contributed by atoms with E-state index in [4.69, 9.17) is 27.9 Å². The van der Waals surface area contributed by atoms with Gasteiger partial charge in [0.05, 0.1) is 11.1 Å². The fourth-order valence-electron chi connectivity index (χ4n) is 2.75. The number of carbonyl (C=O) groups excluding carboxylic acids is 1. The van der Waals surface area contributed by atoms with E-state index >= 15 is 0 Å². The normalized spacial score (nSPS) is 22.8. The average molecular weight is 315 g/mol. The van der Waals surface area contributed by atoms with E-state index in [1.54, 1.807) is 18.2 Å². The lowest BCUT2D eigenvalue weighted by Crippen LogP contribution is -2.25. The highest BCUT2D eigenvalue weighted by atomic mass is 35.5. The number of carbonyl (C=O) groups is 1. The van der Waals surface area contributed by atoms with Gasteiger partial charge in [0.25, 0.3) is 0 Å². The quantitative estimate of drug-likeness (QED) is 0.701. The summed E-state index contributed by atoms with van der Waals surface area (Å²) in [4.78, 5) is 12.1. The van der Waals surface area contributed by atoms with E-state index in [-0.39, 0.29) is 18.5 Å². The standard InChI is InChI=1S/C16H20Cl2O2/c1-2-11-4-3-5-13(8-11)20-10-16(19)14-7-6-12(17)9-15(14)18/h6-7,9,11,13H,2-5,8,10H2,1H3. The Hall–Kier alpha value is -0.570. The van der Waals surface area contributed by atoms with Crippen molar-refractivity contribution in [3.63, 3.8) is 0 Å². The van der Waals surface area contributed by atoms with Crippen LogP contribution in [-0.2, 0) is 4.74 Å². The van der Waals surface area contributed by atoms with Crippen LogP contribution in [0.4, 0.5) is 0 Å². The Morgan fingerprint density at radius 3 is 2.85 bits per heavy atom. The number of hydrogen-bond donors (Lipinski definition) is 0. The van der Waals surface area contributed by atoms with Crippen molar-refractivity contribution >= 4 is 29.0 Å². The summed E-state index contributed by atoms with van der Waals surface area (Å²) < 4.78 is 5.78. The molecule has 1 saturated carbocycles. The molecule has 0 N–H and O–H groups in total. The largest absolute Gasteiger partial charge is 0.370 e. The van der Waals surface area contributed by atoms with Crippen LogP contribution < -0.4 is 0 Å². The molecule has 1 aromatic rings.